The standard InChI is InChI=1S/C13H23N3O/c1-5-6-7-12(9-17-4)16-13-14-10(2)8-11(3)15-13/h8,12H,5-7,9H2,1-4H3,(H,14,15,16). The van der Waals surface area contributed by atoms with Gasteiger partial charge in [0, 0.05) is 18.5 Å². The topological polar surface area (TPSA) is 47.0 Å². The number of unbranched alkanes of at least 4 members (excludes halogenated alkanes) is 1. The first kappa shape index (κ1) is 13.9. The van der Waals surface area contributed by atoms with E-state index in [1.165, 1.54) is 12.8 Å². The van der Waals surface area contributed by atoms with Gasteiger partial charge in [-0.2, -0.15) is 0 Å². The zero-order valence-electron chi connectivity index (χ0n) is 11.3. The summed E-state index contributed by atoms with van der Waals surface area (Å²) in [4.78, 5) is 8.77. The van der Waals surface area contributed by atoms with Gasteiger partial charge in [-0.25, -0.2) is 9.97 Å². The highest BCUT2D eigenvalue weighted by Crippen LogP contribution is 2.09. The molecule has 0 fully saturated rings. The quantitative estimate of drug-likeness (QED) is 0.792. The molecule has 0 radical (unpaired) electrons. The van der Waals surface area contributed by atoms with E-state index in [4.69, 9.17) is 4.74 Å². The minimum absolute atomic E-state index is 0.293. The zero-order chi connectivity index (χ0) is 12.7. The third kappa shape index (κ3) is 5.13. The smallest absolute Gasteiger partial charge is 0.223 e. The van der Waals surface area contributed by atoms with E-state index in [-0.39, 0.29) is 0 Å². The maximum absolute atomic E-state index is 5.22. The van der Waals surface area contributed by atoms with Gasteiger partial charge in [0.05, 0.1) is 12.6 Å². The minimum Gasteiger partial charge on any atom is -0.383 e. The number of methoxy groups -OCH3 is 1. The van der Waals surface area contributed by atoms with Crippen LogP contribution in [0.5, 0.6) is 0 Å². The Balaban J connectivity index is 2.63. The molecule has 1 heterocycles. The van der Waals surface area contributed by atoms with Gasteiger partial charge >= 0.3 is 0 Å². The van der Waals surface area contributed by atoms with Crippen LogP contribution < -0.4 is 5.32 Å². The molecule has 4 nitrogen and oxygen atoms in total. The summed E-state index contributed by atoms with van der Waals surface area (Å²) in [7, 11) is 1.73. The Morgan fingerprint density at radius 2 is 1.94 bits per heavy atom. The molecule has 4 heteroatoms. The molecular formula is C13H23N3O. The van der Waals surface area contributed by atoms with E-state index < -0.39 is 0 Å². The second-order valence-electron chi connectivity index (χ2n) is 4.41. The Morgan fingerprint density at radius 3 is 2.47 bits per heavy atom. The molecule has 1 aromatic heterocycles. The van der Waals surface area contributed by atoms with Gasteiger partial charge in [-0.3, -0.25) is 0 Å². The van der Waals surface area contributed by atoms with Crippen LogP contribution in [0.3, 0.4) is 0 Å². The van der Waals surface area contributed by atoms with Crippen molar-refractivity contribution in [2.75, 3.05) is 19.0 Å². The lowest BCUT2D eigenvalue weighted by atomic mass is 10.1. The van der Waals surface area contributed by atoms with Crippen molar-refractivity contribution in [2.24, 2.45) is 0 Å². The molecule has 0 spiro atoms. The van der Waals surface area contributed by atoms with Crippen LogP contribution >= 0.6 is 0 Å². The van der Waals surface area contributed by atoms with Crippen molar-refractivity contribution in [3.05, 3.63) is 17.5 Å². The Hall–Kier alpha value is -1.16. The number of aryl methyl sites for hydroxylation is 2. The molecule has 1 aromatic rings. The average Bonchev–Trinajstić information content (AvgIpc) is 2.24. The normalized spacial score (nSPS) is 12.5. The maximum Gasteiger partial charge on any atom is 0.223 e. The molecule has 1 unspecified atom stereocenters. The first-order valence-electron chi connectivity index (χ1n) is 6.23. The second-order valence-corrected chi connectivity index (χ2v) is 4.41. The molecule has 96 valence electrons. The predicted molar refractivity (Wildman–Crippen MR) is 70.3 cm³/mol. The number of nitrogens with zero attached hydrogens (tertiary/aromatic N) is 2. The molecule has 1 rings (SSSR count). The van der Waals surface area contributed by atoms with Gasteiger partial charge in [-0.05, 0) is 26.3 Å². The van der Waals surface area contributed by atoms with Gasteiger partial charge < -0.3 is 10.1 Å². The van der Waals surface area contributed by atoms with Gasteiger partial charge in [0.25, 0.3) is 0 Å². The number of nitrogens with one attached hydrogen (secondary N) is 1. The lowest BCUT2D eigenvalue weighted by molar-refractivity contribution is 0.181. The van der Waals surface area contributed by atoms with E-state index >= 15 is 0 Å². The molecule has 1 atom stereocenters. The first-order valence-corrected chi connectivity index (χ1v) is 6.23. The van der Waals surface area contributed by atoms with Crippen molar-refractivity contribution < 1.29 is 4.74 Å². The van der Waals surface area contributed by atoms with Gasteiger partial charge in [0.2, 0.25) is 5.95 Å². The summed E-state index contributed by atoms with van der Waals surface area (Å²) in [5.41, 5.74) is 1.98. The van der Waals surface area contributed by atoms with Crippen LogP contribution in [0.4, 0.5) is 5.95 Å². The SMILES string of the molecule is CCCCC(COC)Nc1nc(C)cc(C)n1. The maximum atomic E-state index is 5.22. The van der Waals surface area contributed by atoms with Crippen LogP contribution in [0.2, 0.25) is 0 Å². The van der Waals surface area contributed by atoms with Gasteiger partial charge in [-0.1, -0.05) is 19.8 Å². The summed E-state index contributed by atoms with van der Waals surface area (Å²) in [6, 6.07) is 2.27. The number of hydrogen-bond acceptors (Lipinski definition) is 4. The number of anilines is 1. The van der Waals surface area contributed by atoms with Crippen LogP contribution in [-0.4, -0.2) is 29.7 Å². The van der Waals surface area contributed by atoms with Crippen LogP contribution in [0, 0.1) is 13.8 Å². The fourth-order valence-corrected chi connectivity index (χ4v) is 1.82. The highest BCUT2D eigenvalue weighted by Gasteiger charge is 2.09. The van der Waals surface area contributed by atoms with Crippen LogP contribution in [0.25, 0.3) is 0 Å². The summed E-state index contributed by atoms with van der Waals surface area (Å²) < 4.78 is 5.22. The lowest BCUT2D eigenvalue weighted by Gasteiger charge is -2.17. The van der Waals surface area contributed by atoms with E-state index in [2.05, 4.69) is 22.2 Å². The molecule has 0 saturated heterocycles. The van der Waals surface area contributed by atoms with E-state index in [1.54, 1.807) is 7.11 Å². The number of ether oxygens (including phenoxy) is 1. The fraction of sp³-hybridized carbons (Fsp3) is 0.692. The summed E-state index contributed by atoms with van der Waals surface area (Å²) in [5.74, 6) is 0.709. The largest absolute Gasteiger partial charge is 0.383 e. The second kappa shape index (κ2) is 7.22. The fourth-order valence-electron chi connectivity index (χ4n) is 1.82. The van der Waals surface area contributed by atoms with Crippen LogP contribution in [0.1, 0.15) is 37.6 Å². The highest BCUT2D eigenvalue weighted by atomic mass is 16.5. The number of hydrogen-bond donors (Lipinski definition) is 1. The van der Waals surface area contributed by atoms with E-state index in [0.717, 1.165) is 17.8 Å². The predicted octanol–water partition coefficient (Wildman–Crippen LogP) is 2.71. The van der Waals surface area contributed by atoms with Crippen molar-refractivity contribution in [2.45, 2.75) is 46.1 Å². The molecular weight excluding hydrogens is 214 g/mol. The Morgan fingerprint density at radius 1 is 1.29 bits per heavy atom. The monoisotopic (exact) mass is 237 g/mol. The summed E-state index contributed by atoms with van der Waals surface area (Å²) in [6.07, 6.45) is 3.46. The summed E-state index contributed by atoms with van der Waals surface area (Å²) in [6.45, 7) is 6.85. The van der Waals surface area contributed by atoms with Crippen molar-refractivity contribution in [3.63, 3.8) is 0 Å². The Labute approximate surface area is 104 Å². The lowest BCUT2D eigenvalue weighted by Crippen LogP contribution is -2.26. The zero-order valence-corrected chi connectivity index (χ0v) is 11.3. The molecule has 1 N–H and O–H groups in total. The molecule has 0 aliphatic heterocycles. The van der Waals surface area contributed by atoms with Crippen molar-refractivity contribution >= 4 is 5.95 Å². The van der Waals surface area contributed by atoms with Crippen molar-refractivity contribution in [1.29, 1.82) is 0 Å². The van der Waals surface area contributed by atoms with Crippen LogP contribution in [0.15, 0.2) is 6.07 Å². The van der Waals surface area contributed by atoms with E-state index in [0.29, 0.717) is 18.6 Å². The molecule has 0 amide bonds. The van der Waals surface area contributed by atoms with Crippen LogP contribution in [-0.2, 0) is 4.74 Å². The number of aromatic nitrogens is 2. The van der Waals surface area contributed by atoms with E-state index in [9.17, 15) is 0 Å². The molecule has 17 heavy (non-hydrogen) atoms. The van der Waals surface area contributed by atoms with Crippen molar-refractivity contribution in [1.82, 2.24) is 9.97 Å². The molecule has 0 aromatic carbocycles. The van der Waals surface area contributed by atoms with Crippen molar-refractivity contribution in [3.8, 4) is 0 Å². The summed E-state index contributed by atoms with van der Waals surface area (Å²) >= 11 is 0. The first-order chi connectivity index (χ1) is 8.15. The Bertz CT molecular complexity index is 321. The van der Waals surface area contributed by atoms with E-state index in [1.807, 2.05) is 19.9 Å². The highest BCUT2D eigenvalue weighted by molar-refractivity contribution is 5.29. The van der Waals surface area contributed by atoms with Gasteiger partial charge in [0.1, 0.15) is 0 Å². The average molecular weight is 237 g/mol. The third-order valence-corrected chi connectivity index (χ3v) is 2.59. The van der Waals surface area contributed by atoms with Gasteiger partial charge in [-0.15, -0.1) is 0 Å². The molecule has 0 saturated carbocycles. The summed E-state index contributed by atoms with van der Waals surface area (Å²) in [5, 5.41) is 3.35. The minimum atomic E-state index is 0.293. The van der Waals surface area contributed by atoms with Gasteiger partial charge in [0.15, 0.2) is 0 Å². The third-order valence-electron chi connectivity index (χ3n) is 2.59. The molecule has 0 bridgehead atoms. The molecule has 0 aliphatic carbocycles. The Kier molecular flexibility index (Phi) is 5.91. The number of rotatable bonds is 7. The molecule has 0 aliphatic rings.